The molecule has 0 spiro atoms. The maximum absolute atomic E-state index is 4.27. The lowest BCUT2D eigenvalue weighted by atomic mass is 10.0. The molecule has 0 bridgehead atoms. The van der Waals surface area contributed by atoms with E-state index in [1.54, 1.807) is 0 Å². The van der Waals surface area contributed by atoms with Gasteiger partial charge >= 0.3 is 0 Å². The number of rotatable bonds is 3. The topological polar surface area (TPSA) is 37.8 Å². The fourth-order valence-electron chi connectivity index (χ4n) is 2.25. The van der Waals surface area contributed by atoms with Crippen LogP contribution >= 0.6 is 0 Å². The molecule has 1 aromatic heterocycles. The Morgan fingerprint density at radius 1 is 1.27 bits per heavy atom. The molecule has 0 aliphatic heterocycles. The standard InChI is InChI=1S/C12H19N3/c1-9-7-13-12(14-8-9)15-10(2)11-5-3-4-6-11/h7-8,10-11H,3-6H2,1-2H3,(H,13,14,15). The first-order valence-corrected chi connectivity index (χ1v) is 5.81. The van der Waals surface area contributed by atoms with Crippen molar-refractivity contribution in [3.05, 3.63) is 18.0 Å². The van der Waals surface area contributed by atoms with E-state index in [0.29, 0.717) is 6.04 Å². The summed E-state index contributed by atoms with van der Waals surface area (Å²) in [5, 5.41) is 3.39. The van der Waals surface area contributed by atoms with Crippen LogP contribution in [0.25, 0.3) is 0 Å². The van der Waals surface area contributed by atoms with Gasteiger partial charge in [0, 0.05) is 18.4 Å². The van der Waals surface area contributed by atoms with Crippen molar-refractivity contribution < 1.29 is 0 Å². The number of aromatic nitrogens is 2. The molecule has 2 rings (SSSR count). The fourth-order valence-corrected chi connectivity index (χ4v) is 2.25. The zero-order valence-corrected chi connectivity index (χ0v) is 9.53. The van der Waals surface area contributed by atoms with Gasteiger partial charge in [-0.3, -0.25) is 0 Å². The SMILES string of the molecule is Cc1cnc(NC(C)C2CCCC2)nc1. The summed E-state index contributed by atoms with van der Waals surface area (Å²) in [6.07, 6.45) is 9.17. The van der Waals surface area contributed by atoms with E-state index in [2.05, 4.69) is 22.2 Å². The third-order valence-corrected chi connectivity index (χ3v) is 3.24. The molecule has 1 aliphatic carbocycles. The van der Waals surface area contributed by atoms with Crippen LogP contribution in [0.3, 0.4) is 0 Å². The molecular weight excluding hydrogens is 186 g/mol. The van der Waals surface area contributed by atoms with Crippen molar-refractivity contribution in [1.29, 1.82) is 0 Å². The quantitative estimate of drug-likeness (QED) is 0.824. The molecule has 0 radical (unpaired) electrons. The molecule has 3 nitrogen and oxygen atoms in total. The number of hydrogen-bond acceptors (Lipinski definition) is 3. The number of nitrogens with zero attached hydrogens (tertiary/aromatic N) is 2. The summed E-state index contributed by atoms with van der Waals surface area (Å²) in [5.41, 5.74) is 1.11. The first kappa shape index (κ1) is 10.4. The minimum Gasteiger partial charge on any atom is -0.351 e. The van der Waals surface area contributed by atoms with Gasteiger partial charge in [-0.05, 0) is 38.2 Å². The summed E-state index contributed by atoms with van der Waals surface area (Å²) < 4.78 is 0. The molecule has 1 fully saturated rings. The van der Waals surface area contributed by atoms with Gasteiger partial charge in [-0.15, -0.1) is 0 Å². The van der Waals surface area contributed by atoms with Crippen molar-refractivity contribution in [2.24, 2.45) is 5.92 Å². The third kappa shape index (κ3) is 2.67. The molecule has 1 heterocycles. The Labute approximate surface area is 91.3 Å². The molecule has 0 aromatic carbocycles. The Kier molecular flexibility index (Phi) is 3.19. The average Bonchev–Trinajstić information content (AvgIpc) is 2.74. The van der Waals surface area contributed by atoms with Gasteiger partial charge in [0.15, 0.2) is 0 Å². The van der Waals surface area contributed by atoms with E-state index in [1.165, 1.54) is 25.7 Å². The van der Waals surface area contributed by atoms with E-state index in [0.717, 1.165) is 17.4 Å². The molecule has 3 heteroatoms. The Morgan fingerprint density at radius 2 is 1.87 bits per heavy atom. The number of nitrogens with one attached hydrogen (secondary N) is 1. The van der Waals surface area contributed by atoms with Crippen LogP contribution in [0.5, 0.6) is 0 Å². The molecule has 1 unspecified atom stereocenters. The molecule has 1 saturated carbocycles. The fraction of sp³-hybridized carbons (Fsp3) is 0.667. The molecule has 1 N–H and O–H groups in total. The van der Waals surface area contributed by atoms with Crippen LogP contribution < -0.4 is 5.32 Å². The average molecular weight is 205 g/mol. The van der Waals surface area contributed by atoms with Crippen LogP contribution in [0.1, 0.15) is 38.2 Å². The molecular formula is C12H19N3. The smallest absolute Gasteiger partial charge is 0.222 e. The highest BCUT2D eigenvalue weighted by atomic mass is 15.1. The molecule has 82 valence electrons. The van der Waals surface area contributed by atoms with E-state index in [1.807, 2.05) is 19.3 Å². The molecule has 15 heavy (non-hydrogen) atoms. The molecule has 1 aliphatic rings. The van der Waals surface area contributed by atoms with Crippen molar-refractivity contribution in [3.8, 4) is 0 Å². The summed E-state index contributed by atoms with van der Waals surface area (Å²) in [4.78, 5) is 8.53. The van der Waals surface area contributed by atoms with Crippen LogP contribution in [0.4, 0.5) is 5.95 Å². The van der Waals surface area contributed by atoms with Gasteiger partial charge in [-0.2, -0.15) is 0 Å². The van der Waals surface area contributed by atoms with Crippen LogP contribution in [-0.2, 0) is 0 Å². The highest BCUT2D eigenvalue weighted by Crippen LogP contribution is 2.28. The predicted molar refractivity (Wildman–Crippen MR) is 61.8 cm³/mol. The Bertz CT molecular complexity index is 301. The summed E-state index contributed by atoms with van der Waals surface area (Å²) >= 11 is 0. The summed E-state index contributed by atoms with van der Waals surface area (Å²) in [5.74, 6) is 1.56. The second kappa shape index (κ2) is 4.60. The van der Waals surface area contributed by atoms with E-state index in [4.69, 9.17) is 0 Å². The van der Waals surface area contributed by atoms with Crippen LogP contribution in [0.15, 0.2) is 12.4 Å². The molecule has 1 aromatic rings. The lowest BCUT2D eigenvalue weighted by Gasteiger charge is -2.20. The third-order valence-electron chi connectivity index (χ3n) is 3.24. The lowest BCUT2D eigenvalue weighted by molar-refractivity contribution is 0.480. The second-order valence-corrected chi connectivity index (χ2v) is 4.56. The van der Waals surface area contributed by atoms with Gasteiger partial charge in [0.2, 0.25) is 5.95 Å². The van der Waals surface area contributed by atoms with E-state index in [-0.39, 0.29) is 0 Å². The summed E-state index contributed by atoms with van der Waals surface area (Å²) in [6.45, 7) is 4.24. The predicted octanol–water partition coefficient (Wildman–Crippen LogP) is 2.78. The Morgan fingerprint density at radius 3 is 2.47 bits per heavy atom. The zero-order chi connectivity index (χ0) is 10.7. The maximum atomic E-state index is 4.27. The second-order valence-electron chi connectivity index (χ2n) is 4.56. The van der Waals surface area contributed by atoms with Crippen LogP contribution in [-0.4, -0.2) is 16.0 Å². The molecule has 0 saturated heterocycles. The minimum atomic E-state index is 0.496. The number of aryl methyl sites for hydroxylation is 1. The summed E-state index contributed by atoms with van der Waals surface area (Å²) in [7, 11) is 0. The van der Waals surface area contributed by atoms with Crippen LogP contribution in [0, 0.1) is 12.8 Å². The first-order chi connectivity index (χ1) is 7.25. The van der Waals surface area contributed by atoms with Gasteiger partial charge < -0.3 is 5.32 Å². The van der Waals surface area contributed by atoms with Crippen molar-refractivity contribution in [2.45, 2.75) is 45.6 Å². The van der Waals surface area contributed by atoms with Gasteiger partial charge in [-0.25, -0.2) is 9.97 Å². The largest absolute Gasteiger partial charge is 0.351 e. The highest BCUT2D eigenvalue weighted by molar-refractivity contribution is 5.26. The van der Waals surface area contributed by atoms with E-state index in [9.17, 15) is 0 Å². The van der Waals surface area contributed by atoms with Crippen molar-refractivity contribution in [1.82, 2.24) is 9.97 Å². The zero-order valence-electron chi connectivity index (χ0n) is 9.53. The van der Waals surface area contributed by atoms with Gasteiger partial charge in [0.1, 0.15) is 0 Å². The number of hydrogen-bond donors (Lipinski definition) is 1. The van der Waals surface area contributed by atoms with Crippen molar-refractivity contribution in [2.75, 3.05) is 5.32 Å². The molecule has 1 atom stereocenters. The lowest BCUT2D eigenvalue weighted by Crippen LogP contribution is -2.24. The normalized spacial score (nSPS) is 19.1. The summed E-state index contributed by atoms with van der Waals surface area (Å²) in [6, 6.07) is 0.496. The first-order valence-electron chi connectivity index (χ1n) is 5.81. The van der Waals surface area contributed by atoms with Crippen molar-refractivity contribution in [3.63, 3.8) is 0 Å². The van der Waals surface area contributed by atoms with Crippen molar-refractivity contribution >= 4 is 5.95 Å². The van der Waals surface area contributed by atoms with E-state index < -0.39 is 0 Å². The maximum Gasteiger partial charge on any atom is 0.222 e. The number of anilines is 1. The molecule has 0 amide bonds. The highest BCUT2D eigenvalue weighted by Gasteiger charge is 2.21. The monoisotopic (exact) mass is 205 g/mol. The Hall–Kier alpha value is -1.12. The minimum absolute atomic E-state index is 0.496. The van der Waals surface area contributed by atoms with E-state index >= 15 is 0 Å². The van der Waals surface area contributed by atoms with Crippen LogP contribution in [0.2, 0.25) is 0 Å². The Balaban J connectivity index is 1.92. The van der Waals surface area contributed by atoms with Gasteiger partial charge in [-0.1, -0.05) is 12.8 Å². The van der Waals surface area contributed by atoms with Gasteiger partial charge in [0.05, 0.1) is 0 Å². The van der Waals surface area contributed by atoms with Gasteiger partial charge in [0.25, 0.3) is 0 Å².